The fraction of sp³-hybridized carbons (Fsp3) is 0.591. The van der Waals surface area contributed by atoms with E-state index in [9.17, 15) is 4.79 Å². The summed E-state index contributed by atoms with van der Waals surface area (Å²) >= 11 is 1.29. The molecule has 30 heavy (non-hydrogen) atoms. The Morgan fingerprint density at radius 1 is 1.23 bits per heavy atom. The monoisotopic (exact) mass is 431 g/mol. The number of aromatic nitrogens is 3. The standard InChI is InChI=1S/C22H33N5O2S/c1-15-7-5-6-8-18(15)24-20(28)14-30-21-26-25-19(27(21)23)13-29-17-11-9-16(10-12-17)22(2,3)4/h9-12,15,18H,5-8,13-14,23H2,1-4H3,(H,24,28)/t15-,18+/m0/s1. The summed E-state index contributed by atoms with van der Waals surface area (Å²) in [5.74, 6) is 8.18. The molecule has 1 amide bonds. The quantitative estimate of drug-likeness (QED) is 0.513. The van der Waals surface area contributed by atoms with Gasteiger partial charge in [0.2, 0.25) is 11.1 Å². The topological polar surface area (TPSA) is 95.1 Å². The van der Waals surface area contributed by atoms with E-state index in [0.29, 0.717) is 16.9 Å². The van der Waals surface area contributed by atoms with Gasteiger partial charge in [0.15, 0.2) is 5.82 Å². The van der Waals surface area contributed by atoms with Crippen LogP contribution in [-0.2, 0) is 16.8 Å². The molecule has 0 spiro atoms. The number of rotatable bonds is 7. The second kappa shape index (κ2) is 9.73. The SMILES string of the molecule is C[C@H]1CCCC[C@H]1NC(=O)CSc1nnc(COc2ccc(C(C)(C)C)cc2)n1N. The van der Waals surface area contributed by atoms with Crippen LogP contribution in [0.1, 0.15) is 64.8 Å². The molecule has 0 bridgehead atoms. The Morgan fingerprint density at radius 2 is 1.93 bits per heavy atom. The number of hydrogen-bond acceptors (Lipinski definition) is 6. The van der Waals surface area contributed by atoms with Crippen LogP contribution in [0.25, 0.3) is 0 Å². The molecule has 1 fully saturated rings. The predicted octanol–water partition coefficient (Wildman–Crippen LogP) is 3.66. The van der Waals surface area contributed by atoms with Crippen molar-refractivity contribution in [2.45, 2.75) is 76.6 Å². The number of hydrogen-bond donors (Lipinski definition) is 2. The van der Waals surface area contributed by atoms with Gasteiger partial charge in [-0.25, -0.2) is 4.68 Å². The smallest absolute Gasteiger partial charge is 0.230 e. The van der Waals surface area contributed by atoms with E-state index in [1.807, 2.05) is 12.1 Å². The molecule has 7 nitrogen and oxygen atoms in total. The van der Waals surface area contributed by atoms with Gasteiger partial charge < -0.3 is 15.9 Å². The maximum atomic E-state index is 12.3. The molecule has 2 aromatic rings. The lowest BCUT2D eigenvalue weighted by atomic mass is 9.86. The number of ether oxygens (including phenoxy) is 1. The fourth-order valence-electron chi connectivity index (χ4n) is 3.61. The third-order valence-electron chi connectivity index (χ3n) is 5.61. The molecular formula is C22H33N5O2S. The summed E-state index contributed by atoms with van der Waals surface area (Å²) in [5.41, 5.74) is 1.35. The first-order valence-corrected chi connectivity index (χ1v) is 11.6. The first-order chi connectivity index (χ1) is 14.2. The maximum Gasteiger partial charge on any atom is 0.230 e. The summed E-state index contributed by atoms with van der Waals surface area (Å²) in [7, 11) is 0. The van der Waals surface area contributed by atoms with Crippen LogP contribution in [0.3, 0.4) is 0 Å². The number of carbonyl (C=O) groups is 1. The summed E-state index contributed by atoms with van der Waals surface area (Å²) < 4.78 is 7.19. The van der Waals surface area contributed by atoms with Gasteiger partial charge in [-0.15, -0.1) is 10.2 Å². The van der Waals surface area contributed by atoms with E-state index in [4.69, 9.17) is 10.6 Å². The van der Waals surface area contributed by atoms with Crippen molar-refractivity contribution < 1.29 is 9.53 Å². The number of benzene rings is 1. The van der Waals surface area contributed by atoms with Crippen LogP contribution in [-0.4, -0.2) is 32.6 Å². The lowest BCUT2D eigenvalue weighted by Crippen LogP contribution is -2.41. The number of amides is 1. The van der Waals surface area contributed by atoms with Crippen LogP contribution in [0.5, 0.6) is 5.75 Å². The second-order valence-electron chi connectivity index (χ2n) is 9.06. The molecule has 2 atom stereocenters. The average Bonchev–Trinajstić information content (AvgIpc) is 3.06. The maximum absolute atomic E-state index is 12.3. The molecule has 1 aromatic carbocycles. The minimum atomic E-state index is 0.0125. The number of thioether (sulfide) groups is 1. The van der Waals surface area contributed by atoms with Crippen molar-refractivity contribution in [3.63, 3.8) is 0 Å². The van der Waals surface area contributed by atoms with Gasteiger partial charge in [0.05, 0.1) is 5.75 Å². The van der Waals surface area contributed by atoms with Gasteiger partial charge in [0.1, 0.15) is 12.4 Å². The van der Waals surface area contributed by atoms with Gasteiger partial charge in [-0.2, -0.15) is 0 Å². The fourth-order valence-corrected chi connectivity index (χ4v) is 4.30. The predicted molar refractivity (Wildman–Crippen MR) is 120 cm³/mol. The Hall–Kier alpha value is -2.22. The van der Waals surface area contributed by atoms with Gasteiger partial charge in [-0.1, -0.05) is 64.4 Å². The van der Waals surface area contributed by atoms with E-state index in [1.165, 1.54) is 41.3 Å². The van der Waals surface area contributed by atoms with Gasteiger partial charge >= 0.3 is 0 Å². The molecule has 3 rings (SSSR count). The van der Waals surface area contributed by atoms with Crippen molar-refractivity contribution in [1.29, 1.82) is 0 Å². The van der Waals surface area contributed by atoms with Crippen molar-refractivity contribution in [2.75, 3.05) is 11.6 Å². The van der Waals surface area contributed by atoms with Crippen molar-refractivity contribution in [1.82, 2.24) is 20.2 Å². The molecule has 1 aromatic heterocycles. The summed E-state index contributed by atoms with van der Waals surface area (Å²) in [6.45, 7) is 8.94. The van der Waals surface area contributed by atoms with Crippen molar-refractivity contribution in [3.8, 4) is 5.75 Å². The van der Waals surface area contributed by atoms with Gasteiger partial charge in [-0.3, -0.25) is 4.79 Å². The van der Waals surface area contributed by atoms with Crippen LogP contribution in [0.2, 0.25) is 0 Å². The number of carbonyl (C=O) groups excluding carboxylic acids is 1. The Kier molecular flexibility index (Phi) is 7.28. The lowest BCUT2D eigenvalue weighted by Gasteiger charge is -2.29. The second-order valence-corrected chi connectivity index (χ2v) is 10.00. The lowest BCUT2D eigenvalue weighted by molar-refractivity contribution is -0.119. The van der Waals surface area contributed by atoms with E-state index in [0.717, 1.165) is 12.2 Å². The number of nitrogens with two attached hydrogens (primary N) is 1. The minimum Gasteiger partial charge on any atom is -0.486 e. The van der Waals surface area contributed by atoms with Crippen LogP contribution in [0.4, 0.5) is 0 Å². The molecule has 164 valence electrons. The zero-order valence-corrected chi connectivity index (χ0v) is 19.2. The molecule has 0 unspecified atom stereocenters. The van der Waals surface area contributed by atoms with Gasteiger partial charge in [-0.05, 0) is 41.9 Å². The van der Waals surface area contributed by atoms with Crippen LogP contribution < -0.4 is 15.9 Å². The molecule has 1 aliphatic carbocycles. The summed E-state index contributed by atoms with van der Waals surface area (Å²) in [5, 5.41) is 11.9. The Bertz CT molecular complexity index is 844. The Morgan fingerprint density at radius 3 is 2.60 bits per heavy atom. The molecule has 0 saturated heterocycles. The van der Waals surface area contributed by atoms with Crippen LogP contribution in [0.15, 0.2) is 29.4 Å². The first-order valence-electron chi connectivity index (χ1n) is 10.6. The highest BCUT2D eigenvalue weighted by Crippen LogP contribution is 2.25. The van der Waals surface area contributed by atoms with E-state index in [-0.39, 0.29) is 29.7 Å². The van der Waals surface area contributed by atoms with Gasteiger partial charge in [0, 0.05) is 6.04 Å². The number of nitrogens with zero attached hydrogens (tertiary/aromatic N) is 3. The highest BCUT2D eigenvalue weighted by molar-refractivity contribution is 7.99. The Labute approximate surface area is 183 Å². The van der Waals surface area contributed by atoms with E-state index >= 15 is 0 Å². The number of nitrogen functional groups attached to an aromatic ring is 1. The zero-order chi connectivity index (χ0) is 21.7. The van der Waals surface area contributed by atoms with Crippen molar-refractivity contribution in [2.24, 2.45) is 5.92 Å². The molecule has 1 saturated carbocycles. The largest absolute Gasteiger partial charge is 0.486 e. The average molecular weight is 432 g/mol. The normalized spacial score (nSPS) is 19.5. The summed E-state index contributed by atoms with van der Waals surface area (Å²) in [6.07, 6.45) is 4.67. The number of nitrogens with one attached hydrogen (secondary N) is 1. The molecule has 1 heterocycles. The Balaban J connectivity index is 1.49. The van der Waals surface area contributed by atoms with Crippen LogP contribution in [0, 0.1) is 5.92 Å². The van der Waals surface area contributed by atoms with Crippen molar-refractivity contribution >= 4 is 17.7 Å². The summed E-state index contributed by atoms with van der Waals surface area (Å²) in [4.78, 5) is 12.3. The first kappa shape index (κ1) is 22.5. The van der Waals surface area contributed by atoms with Crippen LogP contribution >= 0.6 is 11.8 Å². The van der Waals surface area contributed by atoms with Crippen molar-refractivity contribution in [3.05, 3.63) is 35.7 Å². The molecule has 0 aliphatic heterocycles. The van der Waals surface area contributed by atoms with Gasteiger partial charge in [0.25, 0.3) is 0 Å². The highest BCUT2D eigenvalue weighted by atomic mass is 32.2. The minimum absolute atomic E-state index is 0.0125. The van der Waals surface area contributed by atoms with E-state index in [1.54, 1.807) is 0 Å². The van der Waals surface area contributed by atoms with E-state index in [2.05, 4.69) is 55.3 Å². The molecule has 8 heteroatoms. The highest BCUT2D eigenvalue weighted by Gasteiger charge is 2.23. The summed E-state index contributed by atoms with van der Waals surface area (Å²) in [6, 6.07) is 8.30. The van der Waals surface area contributed by atoms with E-state index < -0.39 is 0 Å². The third kappa shape index (κ3) is 5.90. The molecule has 1 aliphatic rings. The molecule has 3 N–H and O–H groups in total. The third-order valence-corrected chi connectivity index (χ3v) is 6.56. The molecular weight excluding hydrogens is 398 g/mol. The molecule has 0 radical (unpaired) electrons. The zero-order valence-electron chi connectivity index (χ0n) is 18.4.